The molecule has 1 aliphatic heterocycles. The third-order valence-electron chi connectivity index (χ3n) is 4.49. The van der Waals surface area contributed by atoms with Gasteiger partial charge in [-0.3, -0.25) is 4.79 Å². The van der Waals surface area contributed by atoms with Gasteiger partial charge in [-0.05, 0) is 37.8 Å². The monoisotopic (exact) mass is 349 g/mol. The molecular weight excluding hydrogens is 326 g/mol. The second-order valence-corrected chi connectivity index (χ2v) is 8.21. The summed E-state index contributed by atoms with van der Waals surface area (Å²) in [5.74, 6) is -0.00439. The predicted octanol–water partition coefficient (Wildman–Crippen LogP) is 2.10. The van der Waals surface area contributed by atoms with Crippen LogP contribution in [0.25, 0.3) is 10.9 Å². The van der Waals surface area contributed by atoms with Crippen LogP contribution in [0.1, 0.15) is 36.2 Å². The number of fused-ring (bicyclic) bond motifs is 1. The number of nitrogens with zero attached hydrogens (tertiary/aromatic N) is 1. The molecule has 1 atom stereocenters. The van der Waals surface area contributed by atoms with Crippen LogP contribution in [-0.4, -0.2) is 49.6 Å². The van der Waals surface area contributed by atoms with Gasteiger partial charge in [0.1, 0.15) is 5.69 Å². The number of hydrogen-bond donors (Lipinski definition) is 2. The molecule has 1 saturated heterocycles. The van der Waals surface area contributed by atoms with Crippen LogP contribution in [0.15, 0.2) is 30.3 Å². The fraction of sp³-hybridized carbons (Fsp3) is 0.471. The van der Waals surface area contributed by atoms with Gasteiger partial charge in [-0.2, -0.15) is 0 Å². The van der Waals surface area contributed by atoms with Crippen molar-refractivity contribution in [3.05, 3.63) is 36.0 Å². The molecule has 0 aliphatic carbocycles. The summed E-state index contributed by atoms with van der Waals surface area (Å²) in [5, 5.41) is 1.02. The fourth-order valence-corrected chi connectivity index (χ4v) is 3.81. The molecule has 0 saturated carbocycles. The van der Waals surface area contributed by atoms with E-state index in [-0.39, 0.29) is 11.9 Å². The quantitative estimate of drug-likeness (QED) is 0.867. The van der Waals surface area contributed by atoms with Crippen LogP contribution in [0.3, 0.4) is 0 Å². The maximum Gasteiger partial charge on any atom is 0.270 e. The van der Waals surface area contributed by atoms with E-state index in [0.29, 0.717) is 18.7 Å². The van der Waals surface area contributed by atoms with E-state index in [1.807, 2.05) is 35.2 Å². The smallest absolute Gasteiger partial charge is 0.270 e. The minimum absolute atomic E-state index is 0.00439. The van der Waals surface area contributed by atoms with E-state index in [4.69, 9.17) is 0 Å². The van der Waals surface area contributed by atoms with Crippen LogP contribution in [0.5, 0.6) is 0 Å². The highest BCUT2D eigenvalue weighted by Crippen LogP contribution is 2.23. The van der Waals surface area contributed by atoms with Gasteiger partial charge < -0.3 is 9.88 Å². The fourth-order valence-electron chi connectivity index (χ4n) is 3.32. The number of amides is 1. The number of hydrogen-bond acceptors (Lipinski definition) is 3. The van der Waals surface area contributed by atoms with Crippen molar-refractivity contribution in [1.82, 2.24) is 14.6 Å². The van der Waals surface area contributed by atoms with Gasteiger partial charge in [-0.1, -0.05) is 18.2 Å². The number of aromatic nitrogens is 1. The standard InChI is InChI=1S/C17H23N3O3S/c1-24(22,23)18-10-9-14-7-4-5-11-20(14)17(21)16-12-13-6-2-3-8-15(13)19-16/h2-3,6,8,12,14,18-19H,4-5,7,9-11H2,1H3. The van der Waals surface area contributed by atoms with Crippen LogP contribution in [0.4, 0.5) is 0 Å². The molecule has 7 heteroatoms. The summed E-state index contributed by atoms with van der Waals surface area (Å²) in [4.78, 5) is 18.0. The van der Waals surface area contributed by atoms with Gasteiger partial charge in [-0.25, -0.2) is 13.1 Å². The second kappa shape index (κ2) is 6.94. The summed E-state index contributed by atoms with van der Waals surface area (Å²) in [6.45, 7) is 1.08. The SMILES string of the molecule is CS(=O)(=O)NCCC1CCCCN1C(=O)c1cc2ccccc2[nH]1. The Bertz CT molecular complexity index is 795. The molecule has 1 aromatic heterocycles. The molecule has 1 aromatic carbocycles. The van der Waals surface area contributed by atoms with Crippen molar-refractivity contribution in [3.8, 4) is 0 Å². The van der Waals surface area contributed by atoms with E-state index in [2.05, 4.69) is 9.71 Å². The van der Waals surface area contributed by atoms with Gasteiger partial charge in [0.25, 0.3) is 5.91 Å². The molecule has 1 fully saturated rings. The Morgan fingerprint density at radius 1 is 1.33 bits per heavy atom. The van der Waals surface area contributed by atoms with Crippen molar-refractivity contribution in [1.29, 1.82) is 0 Å². The molecule has 130 valence electrons. The maximum atomic E-state index is 12.9. The molecule has 1 aliphatic rings. The van der Waals surface area contributed by atoms with E-state index < -0.39 is 10.0 Å². The van der Waals surface area contributed by atoms with E-state index in [0.717, 1.165) is 43.0 Å². The summed E-state index contributed by atoms with van der Waals surface area (Å²) in [5.41, 5.74) is 1.55. The Balaban J connectivity index is 1.73. The van der Waals surface area contributed by atoms with Gasteiger partial charge in [0.05, 0.1) is 6.26 Å². The minimum atomic E-state index is -3.19. The number of benzene rings is 1. The number of likely N-dealkylation sites (tertiary alicyclic amines) is 1. The topological polar surface area (TPSA) is 82.3 Å². The van der Waals surface area contributed by atoms with Crippen molar-refractivity contribution < 1.29 is 13.2 Å². The van der Waals surface area contributed by atoms with Crippen molar-refractivity contribution in [2.45, 2.75) is 31.7 Å². The molecular formula is C17H23N3O3S. The average molecular weight is 349 g/mol. The molecule has 3 rings (SSSR count). The number of para-hydroxylation sites is 1. The lowest BCUT2D eigenvalue weighted by Crippen LogP contribution is -2.45. The molecule has 0 spiro atoms. The number of piperidine rings is 1. The van der Waals surface area contributed by atoms with Crippen LogP contribution >= 0.6 is 0 Å². The number of nitrogens with one attached hydrogen (secondary N) is 2. The summed E-state index contributed by atoms with van der Waals surface area (Å²) in [6.07, 6.45) is 4.76. The van der Waals surface area contributed by atoms with E-state index >= 15 is 0 Å². The third-order valence-corrected chi connectivity index (χ3v) is 5.22. The summed E-state index contributed by atoms with van der Waals surface area (Å²) in [7, 11) is -3.19. The molecule has 2 heterocycles. The maximum absolute atomic E-state index is 12.9. The molecule has 0 radical (unpaired) electrons. The number of carbonyl (C=O) groups is 1. The highest BCUT2D eigenvalue weighted by molar-refractivity contribution is 7.88. The van der Waals surface area contributed by atoms with E-state index in [9.17, 15) is 13.2 Å². The lowest BCUT2D eigenvalue weighted by atomic mass is 9.99. The zero-order chi connectivity index (χ0) is 17.2. The molecule has 0 bridgehead atoms. The second-order valence-electron chi connectivity index (χ2n) is 6.37. The van der Waals surface area contributed by atoms with Gasteiger partial charge in [0, 0.05) is 30.0 Å². The van der Waals surface area contributed by atoms with Gasteiger partial charge in [0.15, 0.2) is 0 Å². The number of H-pyrrole nitrogens is 1. The van der Waals surface area contributed by atoms with Crippen molar-refractivity contribution in [2.75, 3.05) is 19.3 Å². The normalized spacial score (nSPS) is 18.9. The lowest BCUT2D eigenvalue weighted by molar-refractivity contribution is 0.0599. The Morgan fingerprint density at radius 3 is 2.88 bits per heavy atom. The minimum Gasteiger partial charge on any atom is -0.351 e. The first-order chi connectivity index (χ1) is 11.4. The molecule has 24 heavy (non-hydrogen) atoms. The number of carbonyl (C=O) groups excluding carboxylic acids is 1. The van der Waals surface area contributed by atoms with Crippen LogP contribution in [-0.2, 0) is 10.0 Å². The largest absolute Gasteiger partial charge is 0.351 e. The number of rotatable bonds is 5. The Morgan fingerprint density at radius 2 is 2.12 bits per heavy atom. The van der Waals surface area contributed by atoms with Crippen LogP contribution < -0.4 is 4.72 Å². The summed E-state index contributed by atoms with van der Waals surface area (Å²) in [6, 6.07) is 9.78. The first-order valence-electron chi connectivity index (χ1n) is 8.27. The molecule has 6 nitrogen and oxygen atoms in total. The van der Waals surface area contributed by atoms with Crippen molar-refractivity contribution >= 4 is 26.8 Å². The van der Waals surface area contributed by atoms with Crippen LogP contribution in [0.2, 0.25) is 0 Å². The predicted molar refractivity (Wildman–Crippen MR) is 94.4 cm³/mol. The van der Waals surface area contributed by atoms with E-state index in [1.54, 1.807) is 0 Å². The average Bonchev–Trinajstić information content (AvgIpc) is 2.97. The molecule has 2 aromatic rings. The summed E-state index contributed by atoms with van der Waals surface area (Å²) >= 11 is 0. The van der Waals surface area contributed by atoms with Crippen molar-refractivity contribution in [3.63, 3.8) is 0 Å². The number of aromatic amines is 1. The van der Waals surface area contributed by atoms with Gasteiger partial charge in [-0.15, -0.1) is 0 Å². The van der Waals surface area contributed by atoms with Gasteiger partial charge >= 0.3 is 0 Å². The lowest BCUT2D eigenvalue weighted by Gasteiger charge is -2.35. The van der Waals surface area contributed by atoms with Crippen molar-refractivity contribution in [2.24, 2.45) is 0 Å². The first kappa shape index (κ1) is 17.0. The molecule has 1 unspecified atom stereocenters. The zero-order valence-corrected chi connectivity index (χ0v) is 14.6. The Hall–Kier alpha value is -1.86. The Kier molecular flexibility index (Phi) is 4.91. The molecule has 1 amide bonds. The first-order valence-corrected chi connectivity index (χ1v) is 10.2. The Labute approximate surface area is 142 Å². The zero-order valence-electron chi connectivity index (χ0n) is 13.8. The molecule has 2 N–H and O–H groups in total. The highest BCUT2D eigenvalue weighted by atomic mass is 32.2. The van der Waals surface area contributed by atoms with Crippen LogP contribution in [0, 0.1) is 0 Å². The summed E-state index contributed by atoms with van der Waals surface area (Å²) < 4.78 is 24.9. The third kappa shape index (κ3) is 3.96. The van der Waals surface area contributed by atoms with Gasteiger partial charge in [0.2, 0.25) is 10.0 Å². The highest BCUT2D eigenvalue weighted by Gasteiger charge is 2.28. The number of sulfonamides is 1. The van der Waals surface area contributed by atoms with E-state index in [1.165, 1.54) is 0 Å².